The van der Waals surface area contributed by atoms with Crippen molar-refractivity contribution in [1.82, 2.24) is 0 Å². The Kier molecular flexibility index (Phi) is 8.98. The summed E-state index contributed by atoms with van der Waals surface area (Å²) in [4.78, 5) is 0. The third kappa shape index (κ3) is 5.58. The number of allylic oxidation sites excluding steroid dienone is 3. The second kappa shape index (κ2) is 10.7. The van der Waals surface area contributed by atoms with Gasteiger partial charge in [0.15, 0.2) is 0 Å². The summed E-state index contributed by atoms with van der Waals surface area (Å²) in [5, 5.41) is 18.5. The molecule has 0 unspecified atom stereocenters. The van der Waals surface area contributed by atoms with Gasteiger partial charge in [-0.25, -0.2) is 0 Å². The minimum absolute atomic E-state index is 0.390. The lowest BCUT2D eigenvalue weighted by atomic mass is 9.94. The molecule has 0 fully saturated rings. The van der Waals surface area contributed by atoms with E-state index < -0.39 is 7.32 Å². The third-order valence-electron chi connectivity index (χ3n) is 3.58. The Balaban J connectivity index is 3.50. The highest BCUT2D eigenvalue weighted by Crippen LogP contribution is 2.37. The van der Waals surface area contributed by atoms with Crippen molar-refractivity contribution in [3.8, 4) is 11.5 Å². The van der Waals surface area contributed by atoms with Gasteiger partial charge in [0, 0.05) is 11.1 Å². The number of hydrogen-bond donors (Lipinski definition) is 2. The number of ether oxygens (including phenoxy) is 1. The number of rotatable bonds is 12. The molecule has 5 heteroatoms. The SMILES string of the molecule is C=CCc1cc(OB(O)O)c(CC=C)c(OCCCC)c1CC=C. The van der Waals surface area contributed by atoms with Gasteiger partial charge in [0.1, 0.15) is 11.5 Å². The molecule has 0 radical (unpaired) electrons. The van der Waals surface area contributed by atoms with Gasteiger partial charge < -0.3 is 19.4 Å². The zero-order valence-corrected chi connectivity index (χ0v) is 14.5. The molecule has 1 rings (SSSR count). The predicted octanol–water partition coefficient (Wildman–Crippen LogP) is 3.40. The monoisotopic (exact) mass is 330 g/mol. The van der Waals surface area contributed by atoms with E-state index in [1.54, 1.807) is 12.2 Å². The van der Waals surface area contributed by atoms with Crippen LogP contribution < -0.4 is 9.39 Å². The Hall–Kier alpha value is -1.98. The van der Waals surface area contributed by atoms with Crippen molar-refractivity contribution in [3.63, 3.8) is 0 Å². The molecule has 0 saturated heterocycles. The number of hydrogen-bond acceptors (Lipinski definition) is 4. The van der Waals surface area contributed by atoms with Crippen LogP contribution in [0.2, 0.25) is 0 Å². The lowest BCUT2D eigenvalue weighted by Crippen LogP contribution is -2.22. The molecule has 0 amide bonds. The van der Waals surface area contributed by atoms with Crippen molar-refractivity contribution in [2.75, 3.05) is 6.61 Å². The molecule has 1 aromatic carbocycles. The highest BCUT2D eigenvalue weighted by molar-refractivity contribution is 6.33. The maximum Gasteiger partial charge on any atom is 0.707 e. The molecule has 0 bridgehead atoms. The average molecular weight is 330 g/mol. The summed E-state index contributed by atoms with van der Waals surface area (Å²) in [5.74, 6) is 1.11. The summed E-state index contributed by atoms with van der Waals surface area (Å²) in [5.41, 5.74) is 2.76. The van der Waals surface area contributed by atoms with E-state index in [1.165, 1.54) is 0 Å². The van der Waals surface area contributed by atoms with Crippen LogP contribution in [-0.4, -0.2) is 24.0 Å². The molecular formula is C19H27BO4. The first-order chi connectivity index (χ1) is 11.6. The minimum Gasteiger partial charge on any atom is -0.512 e. The predicted molar refractivity (Wildman–Crippen MR) is 99.4 cm³/mol. The quantitative estimate of drug-likeness (QED) is 0.350. The summed E-state index contributed by atoms with van der Waals surface area (Å²) in [7, 11) is -1.89. The topological polar surface area (TPSA) is 58.9 Å². The van der Waals surface area contributed by atoms with Gasteiger partial charge in [-0.3, -0.25) is 0 Å². The van der Waals surface area contributed by atoms with Crippen LogP contribution in [0, 0.1) is 0 Å². The second-order valence-corrected chi connectivity index (χ2v) is 5.44. The fourth-order valence-electron chi connectivity index (χ4n) is 2.53. The molecule has 1 aromatic rings. The molecule has 0 aliphatic carbocycles. The van der Waals surface area contributed by atoms with E-state index >= 15 is 0 Å². The normalized spacial score (nSPS) is 10.1. The summed E-state index contributed by atoms with van der Waals surface area (Å²) >= 11 is 0. The van der Waals surface area contributed by atoms with Gasteiger partial charge in [-0.2, -0.15) is 0 Å². The van der Waals surface area contributed by atoms with Gasteiger partial charge in [0.25, 0.3) is 0 Å². The summed E-state index contributed by atoms with van der Waals surface area (Å²) in [6, 6.07) is 1.81. The molecule has 0 heterocycles. The van der Waals surface area contributed by atoms with Gasteiger partial charge in [-0.15, -0.1) is 19.7 Å². The fourth-order valence-corrected chi connectivity index (χ4v) is 2.53. The van der Waals surface area contributed by atoms with Crippen LogP contribution in [0.15, 0.2) is 44.0 Å². The maximum absolute atomic E-state index is 9.23. The average Bonchev–Trinajstić information content (AvgIpc) is 2.53. The number of benzene rings is 1. The summed E-state index contributed by atoms with van der Waals surface area (Å²) in [6.07, 6.45) is 9.10. The molecule has 0 atom stereocenters. The molecule has 0 spiro atoms. The van der Waals surface area contributed by atoms with Crippen molar-refractivity contribution < 1.29 is 19.4 Å². The lowest BCUT2D eigenvalue weighted by Gasteiger charge is -2.21. The molecule has 0 aliphatic rings. The van der Waals surface area contributed by atoms with Crippen LogP contribution in [-0.2, 0) is 19.3 Å². The van der Waals surface area contributed by atoms with Crippen LogP contribution in [0.3, 0.4) is 0 Å². The largest absolute Gasteiger partial charge is 0.707 e. The Morgan fingerprint density at radius 1 is 1.04 bits per heavy atom. The van der Waals surface area contributed by atoms with E-state index in [0.717, 1.165) is 35.3 Å². The third-order valence-corrected chi connectivity index (χ3v) is 3.58. The van der Waals surface area contributed by atoms with Crippen molar-refractivity contribution >= 4 is 7.32 Å². The van der Waals surface area contributed by atoms with Crippen molar-refractivity contribution in [1.29, 1.82) is 0 Å². The lowest BCUT2D eigenvalue weighted by molar-refractivity contribution is 0.281. The Labute approximate surface area is 145 Å². The van der Waals surface area contributed by atoms with Crippen molar-refractivity contribution in [3.05, 3.63) is 60.7 Å². The Bertz CT molecular complexity index is 567. The zero-order chi connectivity index (χ0) is 17.9. The first-order valence-electron chi connectivity index (χ1n) is 8.24. The molecule has 4 nitrogen and oxygen atoms in total. The van der Waals surface area contributed by atoms with E-state index in [1.807, 2.05) is 12.1 Å². The van der Waals surface area contributed by atoms with Crippen molar-refractivity contribution in [2.24, 2.45) is 0 Å². The first kappa shape index (κ1) is 20.1. The van der Waals surface area contributed by atoms with Crippen LogP contribution >= 0.6 is 0 Å². The van der Waals surface area contributed by atoms with Crippen molar-refractivity contribution in [2.45, 2.75) is 39.0 Å². The van der Waals surface area contributed by atoms with E-state index in [0.29, 0.717) is 31.6 Å². The van der Waals surface area contributed by atoms with E-state index in [-0.39, 0.29) is 0 Å². The number of unbranched alkanes of at least 4 members (excludes halogenated alkanes) is 1. The highest BCUT2D eigenvalue weighted by atomic mass is 16.6. The standard InChI is InChI=1S/C19H27BO4/c1-5-9-13-23-19-16(11-7-3)15(10-6-2)14-18(24-20(21)22)17(19)12-8-4/h6-8,14,21-22H,2-5,9-13H2,1H3. The maximum atomic E-state index is 9.23. The zero-order valence-electron chi connectivity index (χ0n) is 14.5. The van der Waals surface area contributed by atoms with Crippen LogP contribution in [0.5, 0.6) is 11.5 Å². The Morgan fingerprint density at radius 2 is 1.67 bits per heavy atom. The van der Waals surface area contributed by atoms with E-state index in [4.69, 9.17) is 9.39 Å². The van der Waals surface area contributed by atoms with Gasteiger partial charge in [0.05, 0.1) is 6.61 Å². The van der Waals surface area contributed by atoms with Crippen LogP contribution in [0.25, 0.3) is 0 Å². The molecule has 2 N–H and O–H groups in total. The van der Waals surface area contributed by atoms with Crippen LogP contribution in [0.1, 0.15) is 36.5 Å². The van der Waals surface area contributed by atoms with E-state index in [2.05, 4.69) is 26.7 Å². The summed E-state index contributed by atoms with van der Waals surface area (Å²) in [6.45, 7) is 14.1. The Morgan fingerprint density at radius 3 is 2.21 bits per heavy atom. The molecule has 0 aliphatic heterocycles. The fraction of sp³-hybridized carbons (Fsp3) is 0.368. The van der Waals surface area contributed by atoms with Crippen LogP contribution in [0.4, 0.5) is 0 Å². The van der Waals surface area contributed by atoms with Gasteiger partial charge >= 0.3 is 7.32 Å². The van der Waals surface area contributed by atoms with Gasteiger partial charge in [-0.05, 0) is 37.3 Å². The van der Waals surface area contributed by atoms with E-state index in [9.17, 15) is 10.0 Å². The molecule has 24 heavy (non-hydrogen) atoms. The molecular weight excluding hydrogens is 303 g/mol. The van der Waals surface area contributed by atoms with Gasteiger partial charge in [0.2, 0.25) is 0 Å². The smallest absolute Gasteiger partial charge is 0.512 e. The first-order valence-corrected chi connectivity index (χ1v) is 8.24. The molecule has 130 valence electrons. The molecule has 0 saturated carbocycles. The summed E-state index contributed by atoms with van der Waals surface area (Å²) < 4.78 is 11.2. The molecule has 0 aromatic heterocycles. The minimum atomic E-state index is -1.89. The second-order valence-electron chi connectivity index (χ2n) is 5.44. The highest BCUT2D eigenvalue weighted by Gasteiger charge is 2.22. The van der Waals surface area contributed by atoms with Gasteiger partial charge in [-0.1, -0.05) is 31.6 Å².